The lowest BCUT2D eigenvalue weighted by atomic mass is 9.97. The third kappa shape index (κ3) is 3.80. The van der Waals surface area contributed by atoms with E-state index in [2.05, 4.69) is 90.6 Å². The Bertz CT molecular complexity index is 1430. The fraction of sp³-hybridized carbons (Fsp3) is 0.133. The number of para-hydroxylation sites is 1. The number of fused-ring (bicyclic) bond motifs is 2. The van der Waals surface area contributed by atoms with Gasteiger partial charge < -0.3 is 4.90 Å². The van der Waals surface area contributed by atoms with E-state index in [1.54, 1.807) is 0 Å². The molecule has 4 aromatic rings. The van der Waals surface area contributed by atoms with Gasteiger partial charge in [0.05, 0.1) is 17.1 Å². The van der Waals surface area contributed by atoms with Crippen molar-refractivity contribution in [1.29, 1.82) is 0 Å². The van der Waals surface area contributed by atoms with E-state index in [0.717, 1.165) is 34.0 Å². The number of benzene rings is 4. The molecule has 2 atom stereocenters. The fourth-order valence-corrected chi connectivity index (χ4v) is 5.11. The molecule has 0 radical (unpaired) electrons. The molecular weight excluding hydrogens is 452 g/mol. The molecular formula is C30H25ClN4. The van der Waals surface area contributed by atoms with Crippen LogP contribution in [0.2, 0.25) is 5.02 Å². The molecule has 5 heteroatoms. The summed E-state index contributed by atoms with van der Waals surface area (Å²) >= 11 is 6.48. The highest BCUT2D eigenvalue weighted by molar-refractivity contribution is 6.32. The van der Waals surface area contributed by atoms with Crippen molar-refractivity contribution in [3.05, 3.63) is 130 Å². The largest absolute Gasteiger partial charge is 0.329 e. The second-order valence-electron chi connectivity index (χ2n) is 9.00. The number of halogens is 1. The van der Waals surface area contributed by atoms with Crippen LogP contribution in [0.4, 0.5) is 11.4 Å². The standard InChI is InChI=1S/C30H25ClN4/c1-20-13-15-22(16-14-20)29-28-30(33-35(29)24-11-7-4-8-12-24)34(2)26-18-17-23(31)19-25(26)27(32-28)21-9-5-3-6-10-21/h3-19,28-29H,1-2H3. The van der Waals surface area contributed by atoms with E-state index in [1.165, 1.54) is 11.1 Å². The van der Waals surface area contributed by atoms with E-state index in [1.807, 2.05) is 36.4 Å². The normalized spacial score (nSPS) is 18.9. The Hall–Kier alpha value is -3.89. The topological polar surface area (TPSA) is 31.2 Å². The van der Waals surface area contributed by atoms with E-state index >= 15 is 0 Å². The summed E-state index contributed by atoms with van der Waals surface area (Å²) in [5, 5.41) is 8.00. The van der Waals surface area contributed by atoms with Crippen LogP contribution in [0.15, 0.2) is 113 Å². The number of nitrogens with zero attached hydrogens (tertiary/aromatic N) is 4. The minimum absolute atomic E-state index is 0.0843. The van der Waals surface area contributed by atoms with E-state index < -0.39 is 0 Å². The molecule has 2 aliphatic heterocycles. The third-order valence-corrected chi connectivity index (χ3v) is 6.95. The van der Waals surface area contributed by atoms with Crippen molar-refractivity contribution in [3.8, 4) is 0 Å². The predicted molar refractivity (Wildman–Crippen MR) is 146 cm³/mol. The molecule has 2 aliphatic rings. The highest BCUT2D eigenvalue weighted by Crippen LogP contribution is 2.41. The average molecular weight is 477 g/mol. The van der Waals surface area contributed by atoms with Crippen LogP contribution in [0.5, 0.6) is 0 Å². The summed E-state index contributed by atoms with van der Waals surface area (Å²) < 4.78 is 0. The molecule has 172 valence electrons. The van der Waals surface area contributed by atoms with Crippen LogP contribution >= 0.6 is 11.6 Å². The lowest BCUT2D eigenvalue weighted by Crippen LogP contribution is -2.36. The van der Waals surface area contributed by atoms with Crippen molar-refractivity contribution in [2.24, 2.45) is 10.1 Å². The first-order chi connectivity index (χ1) is 17.1. The number of anilines is 2. The zero-order valence-electron chi connectivity index (χ0n) is 19.6. The maximum Gasteiger partial charge on any atom is 0.157 e. The van der Waals surface area contributed by atoms with Gasteiger partial charge in [-0.3, -0.25) is 10.0 Å². The highest BCUT2D eigenvalue weighted by Gasteiger charge is 2.43. The molecule has 0 aliphatic carbocycles. The SMILES string of the molecule is Cc1ccc(C2C3N=C(c4ccccc4)c4cc(Cl)ccc4N(C)C3=NN2c2ccccc2)cc1. The van der Waals surface area contributed by atoms with Crippen LogP contribution in [0.1, 0.15) is 28.3 Å². The van der Waals surface area contributed by atoms with Crippen molar-refractivity contribution in [2.75, 3.05) is 17.0 Å². The van der Waals surface area contributed by atoms with Gasteiger partial charge in [-0.1, -0.05) is 90.0 Å². The van der Waals surface area contributed by atoms with Crippen molar-refractivity contribution in [2.45, 2.75) is 19.0 Å². The molecule has 2 heterocycles. The van der Waals surface area contributed by atoms with E-state index in [0.29, 0.717) is 5.02 Å². The smallest absolute Gasteiger partial charge is 0.157 e. The Labute approximate surface area is 210 Å². The van der Waals surface area contributed by atoms with E-state index in [9.17, 15) is 0 Å². The van der Waals surface area contributed by atoms with Crippen LogP contribution in [0.3, 0.4) is 0 Å². The highest BCUT2D eigenvalue weighted by atomic mass is 35.5. The Balaban J connectivity index is 1.60. The number of hydrogen-bond donors (Lipinski definition) is 0. The molecule has 0 fully saturated rings. The Kier molecular flexibility index (Phi) is 5.39. The number of aliphatic imine (C=N–C) groups is 1. The maximum atomic E-state index is 6.48. The summed E-state index contributed by atoms with van der Waals surface area (Å²) in [6.45, 7) is 2.11. The first kappa shape index (κ1) is 21.6. The quantitative estimate of drug-likeness (QED) is 0.322. The predicted octanol–water partition coefficient (Wildman–Crippen LogP) is 6.88. The lowest BCUT2D eigenvalue weighted by molar-refractivity contribution is 0.641. The number of amidine groups is 1. The van der Waals surface area contributed by atoms with Crippen LogP contribution in [-0.2, 0) is 0 Å². The van der Waals surface area contributed by atoms with Gasteiger partial charge in [0.25, 0.3) is 0 Å². The van der Waals surface area contributed by atoms with Crippen molar-refractivity contribution >= 4 is 34.5 Å². The second-order valence-corrected chi connectivity index (χ2v) is 9.44. The monoisotopic (exact) mass is 476 g/mol. The molecule has 0 bridgehead atoms. The minimum Gasteiger partial charge on any atom is -0.329 e. The summed E-state index contributed by atoms with van der Waals surface area (Å²) in [6.07, 6.45) is 0. The molecule has 4 aromatic carbocycles. The molecule has 0 N–H and O–H groups in total. The molecule has 0 amide bonds. The van der Waals surface area contributed by atoms with Crippen LogP contribution < -0.4 is 9.91 Å². The van der Waals surface area contributed by atoms with E-state index in [4.69, 9.17) is 21.7 Å². The summed E-state index contributed by atoms with van der Waals surface area (Å²) in [4.78, 5) is 7.61. The van der Waals surface area contributed by atoms with Crippen LogP contribution in [0.25, 0.3) is 0 Å². The molecule has 6 rings (SSSR count). The van der Waals surface area contributed by atoms with Gasteiger partial charge in [-0.15, -0.1) is 0 Å². The van der Waals surface area contributed by atoms with Crippen LogP contribution in [-0.4, -0.2) is 24.6 Å². The van der Waals surface area contributed by atoms with Crippen molar-refractivity contribution in [1.82, 2.24) is 0 Å². The number of aryl methyl sites for hydroxylation is 1. The average Bonchev–Trinajstić information content (AvgIpc) is 3.22. The van der Waals surface area contributed by atoms with Crippen LogP contribution in [0, 0.1) is 6.92 Å². The van der Waals surface area contributed by atoms with Gasteiger partial charge in [-0.25, -0.2) is 0 Å². The maximum absolute atomic E-state index is 6.48. The van der Waals surface area contributed by atoms with Gasteiger partial charge >= 0.3 is 0 Å². The number of hydrogen-bond acceptors (Lipinski definition) is 4. The summed E-state index contributed by atoms with van der Waals surface area (Å²) in [5.41, 5.74) is 7.49. The van der Waals surface area contributed by atoms with Gasteiger partial charge in [-0.2, -0.15) is 5.10 Å². The molecule has 35 heavy (non-hydrogen) atoms. The first-order valence-electron chi connectivity index (χ1n) is 11.8. The molecule has 0 spiro atoms. The van der Waals surface area contributed by atoms with E-state index in [-0.39, 0.29) is 12.1 Å². The number of likely N-dealkylation sites (N-methyl/N-ethyl adjacent to an activating group) is 1. The molecule has 4 nitrogen and oxygen atoms in total. The van der Waals surface area contributed by atoms with Gasteiger partial charge in [0, 0.05) is 23.2 Å². The fourth-order valence-electron chi connectivity index (χ4n) is 4.94. The molecule has 0 saturated carbocycles. The van der Waals surface area contributed by atoms with Gasteiger partial charge in [0.15, 0.2) is 5.84 Å². The van der Waals surface area contributed by atoms with Crippen molar-refractivity contribution in [3.63, 3.8) is 0 Å². The minimum atomic E-state index is -0.204. The summed E-state index contributed by atoms with van der Waals surface area (Å²) in [6, 6.07) is 35.1. The first-order valence-corrected chi connectivity index (χ1v) is 12.1. The summed E-state index contributed by atoms with van der Waals surface area (Å²) in [5.74, 6) is 0.911. The Morgan fingerprint density at radius 1 is 0.800 bits per heavy atom. The zero-order chi connectivity index (χ0) is 23.9. The van der Waals surface area contributed by atoms with Gasteiger partial charge in [0.2, 0.25) is 0 Å². The zero-order valence-corrected chi connectivity index (χ0v) is 20.4. The summed E-state index contributed by atoms with van der Waals surface area (Å²) in [7, 11) is 2.07. The lowest BCUT2D eigenvalue weighted by Gasteiger charge is -2.27. The van der Waals surface area contributed by atoms with Gasteiger partial charge in [-0.05, 0) is 42.8 Å². The number of hydrazone groups is 1. The van der Waals surface area contributed by atoms with Gasteiger partial charge in [0.1, 0.15) is 12.1 Å². The van der Waals surface area contributed by atoms with Crippen molar-refractivity contribution < 1.29 is 0 Å². The third-order valence-electron chi connectivity index (χ3n) is 6.71. The second kappa shape index (κ2) is 8.71. The molecule has 2 unspecified atom stereocenters. The number of rotatable bonds is 3. The Morgan fingerprint density at radius 2 is 1.49 bits per heavy atom. The molecule has 0 saturated heterocycles. The Morgan fingerprint density at radius 3 is 2.20 bits per heavy atom. The molecule has 0 aromatic heterocycles.